The van der Waals surface area contributed by atoms with Crippen LogP contribution in [-0.2, 0) is 4.79 Å². The van der Waals surface area contributed by atoms with Gasteiger partial charge in [-0.1, -0.05) is 18.2 Å². The van der Waals surface area contributed by atoms with E-state index in [0.29, 0.717) is 13.0 Å². The molecule has 1 heterocycles. The van der Waals surface area contributed by atoms with Crippen LogP contribution in [-0.4, -0.2) is 24.1 Å². The number of benzene rings is 1. The number of carbonyl (C=O) groups excluding carboxylic acids is 1. The van der Waals surface area contributed by atoms with Crippen LogP contribution in [0, 0.1) is 0 Å². The van der Waals surface area contributed by atoms with Crippen LogP contribution in [0.4, 0.5) is 5.69 Å². The average Bonchev–Trinajstić information content (AvgIpc) is 2.75. The fourth-order valence-electron chi connectivity index (χ4n) is 1.80. The van der Waals surface area contributed by atoms with Gasteiger partial charge in [-0.3, -0.25) is 15.2 Å². The zero-order valence-corrected chi connectivity index (χ0v) is 8.89. The molecule has 1 aliphatic heterocycles. The predicted octanol–water partition coefficient (Wildman–Crippen LogP) is -0.0800. The van der Waals surface area contributed by atoms with Crippen molar-refractivity contribution in [3.05, 3.63) is 29.8 Å². The second-order valence-corrected chi connectivity index (χ2v) is 3.75. The molecule has 1 fully saturated rings. The van der Waals surface area contributed by atoms with Crippen molar-refractivity contribution < 1.29 is 9.90 Å². The van der Waals surface area contributed by atoms with Gasteiger partial charge in [-0.15, -0.1) is 0 Å². The van der Waals surface area contributed by atoms with Crippen LogP contribution in [0.3, 0.4) is 0 Å². The molecule has 1 amide bonds. The molecule has 0 saturated carbocycles. The Morgan fingerprint density at radius 2 is 2.25 bits per heavy atom. The number of nitrogens with zero attached hydrogens (tertiary/aromatic N) is 1. The van der Waals surface area contributed by atoms with E-state index >= 15 is 0 Å². The Labute approximate surface area is 93.8 Å². The number of rotatable bonds is 3. The Morgan fingerprint density at radius 3 is 2.88 bits per heavy atom. The molecule has 0 radical (unpaired) electrons. The summed E-state index contributed by atoms with van der Waals surface area (Å²) < 4.78 is 0. The first-order chi connectivity index (χ1) is 7.72. The number of carbonyl (C=O) groups is 1. The van der Waals surface area contributed by atoms with Gasteiger partial charge in [0.2, 0.25) is 5.91 Å². The van der Waals surface area contributed by atoms with E-state index in [1.54, 1.807) is 5.01 Å². The summed E-state index contributed by atoms with van der Waals surface area (Å²) in [6.07, 6.45) is -0.221. The molecule has 1 aliphatic rings. The van der Waals surface area contributed by atoms with E-state index in [2.05, 4.69) is 5.43 Å². The van der Waals surface area contributed by atoms with Gasteiger partial charge in [0.05, 0.1) is 11.8 Å². The fourth-order valence-corrected chi connectivity index (χ4v) is 1.80. The van der Waals surface area contributed by atoms with E-state index in [-0.39, 0.29) is 12.5 Å². The lowest BCUT2D eigenvalue weighted by Crippen LogP contribution is -2.34. The van der Waals surface area contributed by atoms with Gasteiger partial charge in [-0.05, 0) is 6.07 Å². The van der Waals surface area contributed by atoms with Crippen molar-refractivity contribution in [2.24, 2.45) is 5.73 Å². The quantitative estimate of drug-likeness (QED) is 0.667. The molecule has 1 aromatic rings. The maximum Gasteiger partial charge on any atom is 0.240 e. The smallest absolute Gasteiger partial charge is 0.240 e. The molecular weight excluding hydrogens is 206 g/mol. The minimum absolute atomic E-state index is 0.00274. The van der Waals surface area contributed by atoms with E-state index in [0.717, 1.165) is 11.3 Å². The maximum absolute atomic E-state index is 11.1. The summed E-state index contributed by atoms with van der Waals surface area (Å²) in [5, 5.41) is 11.5. The Kier molecular flexibility index (Phi) is 3.07. The summed E-state index contributed by atoms with van der Waals surface area (Å²) in [7, 11) is 0. The zero-order chi connectivity index (χ0) is 11.5. The van der Waals surface area contributed by atoms with Crippen LogP contribution in [0.15, 0.2) is 24.3 Å². The van der Waals surface area contributed by atoms with Crippen molar-refractivity contribution in [3.8, 4) is 0 Å². The molecule has 16 heavy (non-hydrogen) atoms. The number of hydrazine groups is 1. The van der Waals surface area contributed by atoms with Crippen LogP contribution in [0.1, 0.15) is 18.1 Å². The van der Waals surface area contributed by atoms with Gasteiger partial charge >= 0.3 is 0 Å². The second kappa shape index (κ2) is 4.51. The summed E-state index contributed by atoms with van der Waals surface area (Å²) in [4.78, 5) is 11.1. The highest BCUT2D eigenvalue weighted by molar-refractivity contribution is 5.82. The molecule has 2 rings (SSSR count). The van der Waals surface area contributed by atoms with Crippen LogP contribution in [0.5, 0.6) is 0 Å². The lowest BCUT2D eigenvalue weighted by atomic mass is 10.1. The van der Waals surface area contributed by atoms with Crippen molar-refractivity contribution in [3.63, 3.8) is 0 Å². The van der Waals surface area contributed by atoms with Gasteiger partial charge in [0.1, 0.15) is 0 Å². The highest BCUT2D eigenvalue weighted by Crippen LogP contribution is 2.26. The number of aliphatic hydroxyl groups is 1. The van der Waals surface area contributed by atoms with Crippen molar-refractivity contribution in [1.29, 1.82) is 0 Å². The summed E-state index contributed by atoms with van der Waals surface area (Å²) >= 11 is 0. The minimum Gasteiger partial charge on any atom is -0.387 e. The fraction of sp³-hybridized carbons (Fsp3) is 0.364. The molecule has 0 aromatic heterocycles. The normalized spacial score (nSPS) is 17.4. The third-order valence-electron chi connectivity index (χ3n) is 2.63. The van der Waals surface area contributed by atoms with Gasteiger partial charge in [0.15, 0.2) is 0 Å². The Hall–Kier alpha value is -1.59. The number of hydrogen-bond acceptors (Lipinski definition) is 4. The minimum atomic E-state index is -0.700. The summed E-state index contributed by atoms with van der Waals surface area (Å²) in [5.41, 5.74) is 9.73. The van der Waals surface area contributed by atoms with Crippen LogP contribution < -0.4 is 16.2 Å². The van der Waals surface area contributed by atoms with E-state index in [1.807, 2.05) is 24.3 Å². The average molecular weight is 221 g/mol. The number of hydrogen-bond donors (Lipinski definition) is 3. The van der Waals surface area contributed by atoms with Gasteiger partial charge in [0, 0.05) is 25.1 Å². The highest BCUT2D eigenvalue weighted by Gasteiger charge is 2.22. The molecular formula is C11H15N3O2. The number of nitrogens with two attached hydrogens (primary N) is 1. The van der Waals surface area contributed by atoms with E-state index in [9.17, 15) is 9.90 Å². The molecule has 86 valence electrons. The van der Waals surface area contributed by atoms with Gasteiger partial charge in [0.25, 0.3) is 0 Å². The standard InChI is InChI=1S/C11H15N3O2/c12-7-10(15)8-3-1-2-4-9(8)14-6-5-11(16)13-14/h1-4,10,15H,5-7,12H2,(H,13,16). The third kappa shape index (κ3) is 2.00. The first-order valence-corrected chi connectivity index (χ1v) is 5.26. The SMILES string of the molecule is NCC(O)c1ccccc1N1CCC(=O)N1. The molecule has 0 aliphatic carbocycles. The molecule has 5 nitrogen and oxygen atoms in total. The number of nitrogens with one attached hydrogen (secondary N) is 1. The number of amides is 1. The van der Waals surface area contributed by atoms with E-state index in [1.165, 1.54) is 0 Å². The summed E-state index contributed by atoms with van der Waals surface area (Å²) in [6.45, 7) is 0.784. The van der Waals surface area contributed by atoms with Gasteiger partial charge in [-0.2, -0.15) is 0 Å². The summed E-state index contributed by atoms with van der Waals surface area (Å²) in [6, 6.07) is 7.39. The molecule has 5 heteroatoms. The third-order valence-corrected chi connectivity index (χ3v) is 2.63. The van der Waals surface area contributed by atoms with Crippen molar-refractivity contribution >= 4 is 11.6 Å². The zero-order valence-electron chi connectivity index (χ0n) is 8.89. The lowest BCUT2D eigenvalue weighted by Gasteiger charge is -2.22. The van der Waals surface area contributed by atoms with Crippen molar-refractivity contribution in [1.82, 2.24) is 5.43 Å². The van der Waals surface area contributed by atoms with Crippen LogP contribution in [0.25, 0.3) is 0 Å². The number of para-hydroxylation sites is 1. The molecule has 1 unspecified atom stereocenters. The maximum atomic E-state index is 11.1. The second-order valence-electron chi connectivity index (χ2n) is 3.75. The molecule has 0 bridgehead atoms. The number of anilines is 1. The first kappa shape index (κ1) is 10.9. The van der Waals surface area contributed by atoms with Crippen molar-refractivity contribution in [2.45, 2.75) is 12.5 Å². The largest absolute Gasteiger partial charge is 0.387 e. The predicted molar refractivity (Wildman–Crippen MR) is 60.6 cm³/mol. The molecule has 1 atom stereocenters. The molecule has 4 N–H and O–H groups in total. The monoisotopic (exact) mass is 221 g/mol. The topological polar surface area (TPSA) is 78.6 Å². The van der Waals surface area contributed by atoms with Crippen LogP contribution in [0.2, 0.25) is 0 Å². The van der Waals surface area contributed by atoms with E-state index < -0.39 is 6.10 Å². The van der Waals surface area contributed by atoms with Gasteiger partial charge in [-0.25, -0.2) is 0 Å². The first-order valence-electron chi connectivity index (χ1n) is 5.26. The van der Waals surface area contributed by atoms with Gasteiger partial charge < -0.3 is 10.8 Å². The van der Waals surface area contributed by atoms with Crippen LogP contribution >= 0.6 is 0 Å². The van der Waals surface area contributed by atoms with E-state index in [4.69, 9.17) is 5.73 Å². The molecule has 1 saturated heterocycles. The molecule has 0 spiro atoms. The highest BCUT2D eigenvalue weighted by atomic mass is 16.3. The Morgan fingerprint density at radius 1 is 1.50 bits per heavy atom. The molecule has 1 aromatic carbocycles. The van der Waals surface area contributed by atoms with Crippen molar-refractivity contribution in [2.75, 3.05) is 18.1 Å². The Bertz CT molecular complexity index is 395. The summed E-state index contributed by atoms with van der Waals surface area (Å²) in [5.74, 6) is -0.00274. The Balaban J connectivity index is 2.29. The lowest BCUT2D eigenvalue weighted by molar-refractivity contribution is -0.119. The number of aliphatic hydroxyl groups excluding tert-OH is 1.